The molecule has 1 aliphatic carbocycles. The second kappa shape index (κ2) is 5.54. The summed E-state index contributed by atoms with van der Waals surface area (Å²) in [6, 6.07) is 11.6. The average molecular weight is 289 g/mol. The molecule has 0 aliphatic heterocycles. The zero-order valence-electron chi connectivity index (χ0n) is 11.7. The molecule has 2 nitrogen and oxygen atoms in total. The Morgan fingerprint density at radius 1 is 1.05 bits per heavy atom. The zero-order valence-corrected chi connectivity index (χ0v) is 11.7. The van der Waals surface area contributed by atoms with Crippen molar-refractivity contribution in [3.05, 3.63) is 70.8 Å². The maximum Gasteiger partial charge on any atom is 0.159 e. The van der Waals surface area contributed by atoms with Gasteiger partial charge in [-0.1, -0.05) is 30.3 Å². The zero-order chi connectivity index (χ0) is 15.0. The molecule has 4 heteroatoms. The van der Waals surface area contributed by atoms with Gasteiger partial charge in [0.1, 0.15) is 0 Å². The first-order valence-corrected chi connectivity index (χ1v) is 7.00. The number of likely N-dealkylation sites (N-methyl/N-ethyl adjacent to an activating group) is 1. The second-order valence-corrected chi connectivity index (χ2v) is 5.44. The Morgan fingerprint density at radius 3 is 2.43 bits per heavy atom. The van der Waals surface area contributed by atoms with Gasteiger partial charge in [-0.15, -0.1) is 0 Å². The number of rotatable bonds is 3. The minimum Gasteiger partial charge on any atom is -0.390 e. The largest absolute Gasteiger partial charge is 0.390 e. The van der Waals surface area contributed by atoms with E-state index in [1.807, 2.05) is 31.3 Å². The standard InChI is InChI=1S/C17H17F2NO/c1-20-16-12-5-3-2-4-11(12)13(17(16)21)8-10-6-7-14(18)15(19)9-10/h2-7,9,13,16-17,20-21H,8H2,1H3/t13-,16-,17?/m0/s1. The van der Waals surface area contributed by atoms with E-state index in [0.717, 1.165) is 17.2 Å². The van der Waals surface area contributed by atoms with Crippen LogP contribution >= 0.6 is 0 Å². The van der Waals surface area contributed by atoms with E-state index in [1.54, 1.807) is 6.07 Å². The highest BCUT2D eigenvalue weighted by atomic mass is 19.2. The minimum absolute atomic E-state index is 0.122. The minimum atomic E-state index is -0.849. The molecular weight excluding hydrogens is 272 g/mol. The van der Waals surface area contributed by atoms with E-state index in [4.69, 9.17) is 0 Å². The van der Waals surface area contributed by atoms with Crippen LogP contribution in [-0.4, -0.2) is 18.3 Å². The van der Waals surface area contributed by atoms with E-state index in [1.165, 1.54) is 6.07 Å². The molecule has 1 unspecified atom stereocenters. The number of benzene rings is 2. The highest BCUT2D eigenvalue weighted by Gasteiger charge is 2.38. The Kier molecular flexibility index (Phi) is 3.74. The van der Waals surface area contributed by atoms with Crippen molar-refractivity contribution in [3.8, 4) is 0 Å². The van der Waals surface area contributed by atoms with Crippen LogP contribution in [0.1, 0.15) is 28.7 Å². The van der Waals surface area contributed by atoms with E-state index >= 15 is 0 Å². The van der Waals surface area contributed by atoms with Crippen LogP contribution in [0.4, 0.5) is 8.78 Å². The van der Waals surface area contributed by atoms with Gasteiger partial charge >= 0.3 is 0 Å². The summed E-state index contributed by atoms with van der Waals surface area (Å²) in [5, 5.41) is 13.6. The summed E-state index contributed by atoms with van der Waals surface area (Å²) in [4.78, 5) is 0. The fraction of sp³-hybridized carbons (Fsp3) is 0.294. The number of hydrogen-bond acceptors (Lipinski definition) is 2. The summed E-state index contributed by atoms with van der Waals surface area (Å²) < 4.78 is 26.3. The van der Waals surface area contributed by atoms with Crippen molar-refractivity contribution in [1.29, 1.82) is 0 Å². The van der Waals surface area contributed by atoms with Crippen LogP contribution in [0.15, 0.2) is 42.5 Å². The van der Waals surface area contributed by atoms with Crippen LogP contribution in [0.25, 0.3) is 0 Å². The third-order valence-corrected chi connectivity index (χ3v) is 4.23. The Hall–Kier alpha value is -1.78. The van der Waals surface area contributed by atoms with Gasteiger partial charge in [-0.25, -0.2) is 8.78 Å². The number of nitrogens with one attached hydrogen (secondary N) is 1. The third kappa shape index (κ3) is 2.45. The van der Waals surface area contributed by atoms with Crippen LogP contribution < -0.4 is 5.32 Å². The lowest BCUT2D eigenvalue weighted by Crippen LogP contribution is -2.28. The maximum absolute atomic E-state index is 13.3. The summed E-state index contributed by atoms with van der Waals surface area (Å²) in [5.41, 5.74) is 2.82. The summed E-state index contributed by atoms with van der Waals surface area (Å²) in [7, 11) is 1.81. The molecule has 2 aromatic carbocycles. The van der Waals surface area contributed by atoms with Crippen LogP contribution in [0, 0.1) is 11.6 Å². The van der Waals surface area contributed by atoms with Crippen LogP contribution in [0.3, 0.4) is 0 Å². The molecular formula is C17H17F2NO. The number of aliphatic hydroxyl groups excluding tert-OH is 1. The average Bonchev–Trinajstić information content (AvgIpc) is 2.75. The van der Waals surface area contributed by atoms with Crippen LogP contribution in [0.2, 0.25) is 0 Å². The molecule has 3 atom stereocenters. The fourth-order valence-electron chi connectivity index (χ4n) is 3.21. The lowest BCUT2D eigenvalue weighted by Gasteiger charge is -2.20. The lowest BCUT2D eigenvalue weighted by molar-refractivity contribution is 0.118. The summed E-state index contributed by atoms with van der Waals surface area (Å²) in [6.07, 6.45) is -0.103. The quantitative estimate of drug-likeness (QED) is 0.910. The predicted octanol–water partition coefficient (Wildman–Crippen LogP) is 2.93. The molecule has 0 saturated heterocycles. The topological polar surface area (TPSA) is 32.3 Å². The smallest absolute Gasteiger partial charge is 0.159 e. The van der Waals surface area contributed by atoms with E-state index < -0.39 is 17.7 Å². The number of hydrogen-bond donors (Lipinski definition) is 2. The number of halogens is 2. The molecule has 1 aliphatic rings. The van der Waals surface area contributed by atoms with Crippen molar-refractivity contribution >= 4 is 0 Å². The van der Waals surface area contributed by atoms with E-state index in [9.17, 15) is 13.9 Å². The molecule has 0 spiro atoms. The van der Waals surface area contributed by atoms with Crippen molar-refractivity contribution < 1.29 is 13.9 Å². The van der Waals surface area contributed by atoms with Crippen LogP contribution in [-0.2, 0) is 6.42 Å². The van der Waals surface area contributed by atoms with Crippen molar-refractivity contribution in [3.63, 3.8) is 0 Å². The maximum atomic E-state index is 13.3. The van der Waals surface area contributed by atoms with Gasteiger partial charge in [0.2, 0.25) is 0 Å². The predicted molar refractivity (Wildman–Crippen MR) is 77.1 cm³/mol. The number of aliphatic hydroxyl groups is 1. The van der Waals surface area contributed by atoms with Crippen molar-refractivity contribution in [2.24, 2.45) is 0 Å². The summed E-state index contributed by atoms with van der Waals surface area (Å²) in [6.45, 7) is 0. The van der Waals surface area contributed by atoms with Crippen molar-refractivity contribution in [2.75, 3.05) is 7.05 Å². The monoisotopic (exact) mass is 289 g/mol. The lowest BCUT2D eigenvalue weighted by atomic mass is 9.92. The summed E-state index contributed by atoms with van der Waals surface area (Å²) >= 11 is 0. The first-order chi connectivity index (χ1) is 10.1. The molecule has 2 N–H and O–H groups in total. The van der Waals surface area contributed by atoms with Gasteiger partial charge in [-0.2, -0.15) is 0 Å². The molecule has 0 fully saturated rings. The van der Waals surface area contributed by atoms with Gasteiger partial charge in [-0.3, -0.25) is 0 Å². The van der Waals surface area contributed by atoms with Crippen LogP contribution in [0.5, 0.6) is 0 Å². The highest BCUT2D eigenvalue weighted by Crippen LogP contribution is 2.42. The molecule has 110 valence electrons. The third-order valence-electron chi connectivity index (χ3n) is 4.23. The first kappa shape index (κ1) is 14.2. The number of fused-ring (bicyclic) bond motifs is 1. The Morgan fingerprint density at radius 2 is 1.76 bits per heavy atom. The SMILES string of the molecule is CN[C@H]1c2ccccc2[C@H](Cc2ccc(F)c(F)c2)C1O. The Labute approximate surface area is 122 Å². The van der Waals surface area contributed by atoms with Crippen molar-refractivity contribution in [2.45, 2.75) is 24.5 Å². The van der Waals surface area contributed by atoms with Gasteiger partial charge in [0, 0.05) is 5.92 Å². The second-order valence-electron chi connectivity index (χ2n) is 5.44. The molecule has 2 aromatic rings. The van der Waals surface area contributed by atoms with E-state index in [-0.39, 0.29) is 12.0 Å². The molecule has 0 bridgehead atoms. The van der Waals surface area contributed by atoms with Gasteiger partial charge in [0.25, 0.3) is 0 Å². The molecule has 0 heterocycles. The van der Waals surface area contributed by atoms with Crippen molar-refractivity contribution in [1.82, 2.24) is 5.32 Å². The fourth-order valence-corrected chi connectivity index (χ4v) is 3.21. The Balaban J connectivity index is 1.93. The molecule has 0 saturated carbocycles. The van der Waals surface area contributed by atoms with Gasteiger partial charge in [0.15, 0.2) is 11.6 Å². The first-order valence-electron chi connectivity index (χ1n) is 7.00. The Bertz CT molecular complexity index is 659. The van der Waals surface area contributed by atoms with E-state index in [2.05, 4.69) is 5.32 Å². The molecule has 3 rings (SSSR count). The van der Waals surface area contributed by atoms with Gasteiger partial charge < -0.3 is 10.4 Å². The normalized spacial score (nSPS) is 24.1. The molecule has 0 amide bonds. The summed E-state index contributed by atoms with van der Waals surface area (Å²) in [5.74, 6) is -1.82. The molecule has 0 radical (unpaired) electrons. The molecule has 21 heavy (non-hydrogen) atoms. The van der Waals surface area contributed by atoms with E-state index in [0.29, 0.717) is 12.0 Å². The van der Waals surface area contributed by atoms with Gasteiger partial charge in [0.05, 0.1) is 12.1 Å². The highest BCUT2D eigenvalue weighted by molar-refractivity contribution is 5.41. The molecule has 0 aromatic heterocycles. The van der Waals surface area contributed by atoms with Gasteiger partial charge in [-0.05, 0) is 42.3 Å².